The molecule has 0 aliphatic rings. The molecule has 2 N–H and O–H groups in total. The Morgan fingerprint density at radius 3 is 2.82 bits per heavy atom. The highest BCUT2D eigenvalue weighted by Gasteiger charge is 2.14. The van der Waals surface area contributed by atoms with E-state index in [0.29, 0.717) is 0 Å². The predicted octanol–water partition coefficient (Wildman–Crippen LogP) is 0.620. The molecule has 11 heavy (non-hydrogen) atoms. The molecule has 0 radical (unpaired) electrons. The van der Waals surface area contributed by atoms with Crippen molar-refractivity contribution in [2.75, 3.05) is 5.73 Å². The van der Waals surface area contributed by atoms with Crippen molar-refractivity contribution < 1.29 is 4.92 Å². The highest BCUT2D eigenvalue weighted by atomic mass is 35.5. The van der Waals surface area contributed by atoms with Crippen LogP contribution in [0.4, 0.5) is 11.5 Å². The van der Waals surface area contributed by atoms with Gasteiger partial charge in [-0.15, -0.1) is 0 Å². The molecule has 0 saturated carbocycles. The molecule has 0 spiro atoms. The van der Waals surface area contributed by atoms with Crippen molar-refractivity contribution >= 4 is 23.1 Å². The van der Waals surface area contributed by atoms with E-state index in [2.05, 4.69) is 9.97 Å². The molecule has 1 rings (SSSR count). The SMILES string of the molecule is Nc1cnc(Cl)nc1[N+](=O)[O-]. The first-order chi connectivity index (χ1) is 5.11. The van der Waals surface area contributed by atoms with E-state index in [9.17, 15) is 10.1 Å². The number of nitrogens with zero attached hydrogens (tertiary/aromatic N) is 3. The fraction of sp³-hybridized carbons (Fsp3) is 0. The third-order valence-corrected chi connectivity index (χ3v) is 1.12. The highest BCUT2D eigenvalue weighted by molar-refractivity contribution is 6.28. The molecule has 0 aromatic carbocycles. The lowest BCUT2D eigenvalue weighted by Gasteiger charge is -1.93. The third-order valence-electron chi connectivity index (χ3n) is 0.939. The Morgan fingerprint density at radius 1 is 1.73 bits per heavy atom. The van der Waals surface area contributed by atoms with Crippen LogP contribution in [-0.4, -0.2) is 14.9 Å². The zero-order chi connectivity index (χ0) is 8.43. The first-order valence-electron chi connectivity index (χ1n) is 2.53. The van der Waals surface area contributed by atoms with Gasteiger partial charge in [0, 0.05) is 0 Å². The average molecular weight is 175 g/mol. The third kappa shape index (κ3) is 1.53. The fourth-order valence-electron chi connectivity index (χ4n) is 0.508. The molecule has 6 nitrogen and oxygen atoms in total. The number of anilines is 1. The van der Waals surface area contributed by atoms with Gasteiger partial charge in [-0.2, -0.15) is 0 Å². The fourth-order valence-corrected chi connectivity index (χ4v) is 0.636. The maximum absolute atomic E-state index is 10.2. The van der Waals surface area contributed by atoms with Crippen LogP contribution in [0, 0.1) is 10.1 Å². The molecule has 0 aliphatic heterocycles. The number of nitrogen functional groups attached to an aromatic ring is 1. The second-order valence-electron chi connectivity index (χ2n) is 1.68. The van der Waals surface area contributed by atoms with Crippen LogP contribution in [0.25, 0.3) is 0 Å². The van der Waals surface area contributed by atoms with E-state index in [1.807, 2.05) is 0 Å². The molecule has 1 aromatic rings. The van der Waals surface area contributed by atoms with Gasteiger partial charge in [0.05, 0.1) is 6.20 Å². The number of rotatable bonds is 1. The molecule has 1 heterocycles. The Bertz CT molecular complexity index is 302. The minimum atomic E-state index is -0.719. The van der Waals surface area contributed by atoms with E-state index in [-0.39, 0.29) is 11.0 Å². The lowest BCUT2D eigenvalue weighted by Crippen LogP contribution is -1.99. The lowest BCUT2D eigenvalue weighted by atomic mass is 10.5. The largest absolute Gasteiger partial charge is 0.391 e. The molecule has 0 saturated heterocycles. The van der Waals surface area contributed by atoms with Gasteiger partial charge in [0.15, 0.2) is 0 Å². The summed E-state index contributed by atoms with van der Waals surface area (Å²) in [5.74, 6) is -0.468. The van der Waals surface area contributed by atoms with E-state index in [1.54, 1.807) is 0 Å². The maximum atomic E-state index is 10.2. The smallest absolute Gasteiger partial charge is 0.391 e. The van der Waals surface area contributed by atoms with Crippen LogP contribution in [0.15, 0.2) is 6.20 Å². The summed E-state index contributed by atoms with van der Waals surface area (Å²) < 4.78 is 0. The van der Waals surface area contributed by atoms with E-state index < -0.39 is 10.7 Å². The monoisotopic (exact) mass is 174 g/mol. The van der Waals surface area contributed by atoms with Crippen molar-refractivity contribution in [1.82, 2.24) is 9.97 Å². The molecule has 0 fully saturated rings. The molecular formula is C4H3ClN4O2. The summed E-state index contributed by atoms with van der Waals surface area (Å²) in [6, 6.07) is 0. The first-order valence-corrected chi connectivity index (χ1v) is 2.91. The normalized spacial score (nSPS) is 9.55. The zero-order valence-corrected chi connectivity index (χ0v) is 5.95. The minimum Gasteiger partial charge on any atom is -0.391 e. The van der Waals surface area contributed by atoms with Gasteiger partial charge in [-0.25, -0.2) is 4.98 Å². The lowest BCUT2D eigenvalue weighted by molar-refractivity contribution is -0.388. The van der Waals surface area contributed by atoms with Crippen LogP contribution in [0.5, 0.6) is 0 Å². The second-order valence-corrected chi connectivity index (χ2v) is 2.01. The molecule has 0 amide bonds. The number of hydrogen-bond acceptors (Lipinski definition) is 5. The van der Waals surface area contributed by atoms with Gasteiger partial charge in [0.25, 0.3) is 0 Å². The summed E-state index contributed by atoms with van der Waals surface area (Å²) in [6.45, 7) is 0. The van der Waals surface area contributed by atoms with E-state index in [1.165, 1.54) is 0 Å². The number of nitrogens with two attached hydrogens (primary N) is 1. The van der Waals surface area contributed by atoms with Crippen molar-refractivity contribution in [3.8, 4) is 0 Å². The van der Waals surface area contributed by atoms with Gasteiger partial charge in [-0.3, -0.25) is 0 Å². The Balaban J connectivity index is 3.23. The van der Waals surface area contributed by atoms with Crippen molar-refractivity contribution in [1.29, 1.82) is 0 Å². The molecule has 1 aromatic heterocycles. The summed E-state index contributed by atoms with van der Waals surface area (Å²) in [5.41, 5.74) is 5.07. The van der Waals surface area contributed by atoms with Gasteiger partial charge in [-0.1, -0.05) is 0 Å². The number of hydrogen-bond donors (Lipinski definition) is 1. The van der Waals surface area contributed by atoms with Crippen LogP contribution in [0.3, 0.4) is 0 Å². The van der Waals surface area contributed by atoms with Crippen LogP contribution in [-0.2, 0) is 0 Å². The van der Waals surface area contributed by atoms with Gasteiger partial charge in [0.1, 0.15) is 5.69 Å². The Morgan fingerprint density at radius 2 is 2.36 bits per heavy atom. The topological polar surface area (TPSA) is 94.9 Å². The number of nitro groups is 1. The molecule has 0 bridgehead atoms. The van der Waals surface area contributed by atoms with Crippen LogP contribution < -0.4 is 5.73 Å². The Kier molecular flexibility index (Phi) is 1.86. The maximum Gasteiger partial charge on any atom is 0.391 e. The molecule has 0 atom stereocenters. The van der Waals surface area contributed by atoms with Crippen molar-refractivity contribution in [2.45, 2.75) is 0 Å². The summed E-state index contributed by atoms with van der Waals surface area (Å²) in [7, 11) is 0. The van der Waals surface area contributed by atoms with Crippen molar-refractivity contribution in [3.63, 3.8) is 0 Å². The molecule has 7 heteroatoms. The molecular weight excluding hydrogens is 172 g/mol. The summed E-state index contributed by atoms with van der Waals surface area (Å²) in [5, 5.41) is 9.96. The summed E-state index contributed by atoms with van der Waals surface area (Å²) in [6.07, 6.45) is 1.09. The minimum absolute atomic E-state index is 0.0978. The van der Waals surface area contributed by atoms with E-state index >= 15 is 0 Å². The van der Waals surface area contributed by atoms with Crippen LogP contribution in [0.1, 0.15) is 0 Å². The van der Waals surface area contributed by atoms with Gasteiger partial charge >= 0.3 is 11.1 Å². The Hall–Kier alpha value is -1.43. The average Bonchev–Trinajstić information content (AvgIpc) is 1.94. The molecule has 58 valence electrons. The molecule has 0 unspecified atom stereocenters. The first kappa shape index (κ1) is 7.67. The van der Waals surface area contributed by atoms with Gasteiger partial charge < -0.3 is 15.8 Å². The van der Waals surface area contributed by atoms with E-state index in [0.717, 1.165) is 6.20 Å². The number of halogens is 1. The van der Waals surface area contributed by atoms with Crippen LogP contribution in [0.2, 0.25) is 5.28 Å². The highest BCUT2D eigenvalue weighted by Crippen LogP contribution is 2.17. The second kappa shape index (κ2) is 2.67. The predicted molar refractivity (Wildman–Crippen MR) is 38.1 cm³/mol. The summed E-state index contributed by atoms with van der Waals surface area (Å²) >= 11 is 5.28. The molecule has 0 aliphatic carbocycles. The van der Waals surface area contributed by atoms with Crippen LogP contribution >= 0.6 is 11.6 Å². The van der Waals surface area contributed by atoms with E-state index in [4.69, 9.17) is 17.3 Å². The van der Waals surface area contributed by atoms with Crippen molar-refractivity contribution in [2.24, 2.45) is 0 Å². The van der Waals surface area contributed by atoms with Crippen molar-refractivity contribution in [3.05, 3.63) is 21.6 Å². The van der Waals surface area contributed by atoms with Gasteiger partial charge in [0.2, 0.25) is 0 Å². The summed E-state index contributed by atoms with van der Waals surface area (Å²) in [4.78, 5) is 16.2. The zero-order valence-electron chi connectivity index (χ0n) is 5.19. The number of aromatic nitrogens is 2. The Labute approximate surface area is 66.2 Å². The standard InChI is InChI=1S/C4H3ClN4O2/c5-4-7-1-2(6)3(8-4)9(10)11/h1H,6H2. The quantitative estimate of drug-likeness (QED) is 0.383. The van der Waals surface area contributed by atoms with Gasteiger partial charge in [-0.05, 0) is 21.5 Å².